The van der Waals surface area contributed by atoms with Gasteiger partial charge >= 0.3 is 0 Å². The summed E-state index contributed by atoms with van der Waals surface area (Å²) in [6, 6.07) is 5.28. The summed E-state index contributed by atoms with van der Waals surface area (Å²) in [5.74, 6) is -0.0841. The molecule has 0 radical (unpaired) electrons. The van der Waals surface area contributed by atoms with Gasteiger partial charge in [0.05, 0.1) is 22.2 Å². The topological polar surface area (TPSA) is 43.8 Å². The maximum Gasteiger partial charge on any atom is 0.255 e. The number of rotatable bonds is 4. The first-order valence-electron chi connectivity index (χ1n) is 7.16. The van der Waals surface area contributed by atoms with E-state index in [0.29, 0.717) is 28.7 Å². The van der Waals surface area contributed by atoms with E-state index in [0.717, 1.165) is 19.5 Å². The van der Waals surface area contributed by atoms with Gasteiger partial charge in [0.25, 0.3) is 5.91 Å². The van der Waals surface area contributed by atoms with Crippen LogP contribution >= 0.6 is 23.2 Å². The molecule has 6 heteroatoms. The lowest BCUT2D eigenvalue weighted by molar-refractivity contribution is 0.0472. The van der Waals surface area contributed by atoms with Crippen molar-refractivity contribution in [1.29, 1.82) is 0 Å². The van der Waals surface area contributed by atoms with Gasteiger partial charge in [-0.2, -0.15) is 0 Å². The van der Waals surface area contributed by atoms with Gasteiger partial charge in [0.1, 0.15) is 0 Å². The molecule has 1 N–H and O–H groups in total. The average molecular weight is 331 g/mol. The second-order valence-electron chi connectivity index (χ2n) is 5.17. The van der Waals surface area contributed by atoms with Crippen molar-refractivity contribution in [2.75, 3.05) is 32.8 Å². The zero-order valence-corrected chi connectivity index (χ0v) is 13.6. The van der Waals surface area contributed by atoms with Crippen molar-refractivity contribution in [3.05, 3.63) is 33.8 Å². The number of hydrogen-bond acceptors (Lipinski definition) is 3. The molecule has 21 heavy (non-hydrogen) atoms. The summed E-state index contributed by atoms with van der Waals surface area (Å²) in [5.41, 5.74) is 0.451. The van der Waals surface area contributed by atoms with E-state index in [1.807, 2.05) is 0 Å². The molecule has 0 saturated carbocycles. The summed E-state index contributed by atoms with van der Waals surface area (Å²) < 4.78 is 0. The SMILES string of the molecule is CCC(CO)N1CCN(C(=O)c2cccc(Cl)c2Cl)CC1. The van der Waals surface area contributed by atoms with Gasteiger partial charge < -0.3 is 10.0 Å². The fraction of sp³-hybridized carbons (Fsp3) is 0.533. The van der Waals surface area contributed by atoms with Gasteiger partial charge in [-0.15, -0.1) is 0 Å². The fourth-order valence-corrected chi connectivity index (χ4v) is 3.01. The Bertz CT molecular complexity index is 498. The zero-order chi connectivity index (χ0) is 15.4. The number of aliphatic hydroxyl groups is 1. The van der Waals surface area contributed by atoms with E-state index in [-0.39, 0.29) is 18.6 Å². The predicted molar refractivity (Wildman–Crippen MR) is 85.1 cm³/mol. The van der Waals surface area contributed by atoms with E-state index in [4.69, 9.17) is 23.2 Å². The largest absolute Gasteiger partial charge is 0.395 e. The molecule has 1 saturated heterocycles. The van der Waals surface area contributed by atoms with E-state index in [2.05, 4.69) is 11.8 Å². The summed E-state index contributed by atoms with van der Waals surface area (Å²) in [7, 11) is 0. The van der Waals surface area contributed by atoms with E-state index in [1.54, 1.807) is 23.1 Å². The Kier molecular flexibility index (Phi) is 5.88. The molecule has 1 fully saturated rings. The van der Waals surface area contributed by atoms with Crippen molar-refractivity contribution in [3.8, 4) is 0 Å². The Morgan fingerprint density at radius 3 is 2.52 bits per heavy atom. The van der Waals surface area contributed by atoms with Crippen LogP contribution in [0.1, 0.15) is 23.7 Å². The van der Waals surface area contributed by atoms with Gasteiger partial charge in [0.2, 0.25) is 0 Å². The highest BCUT2D eigenvalue weighted by Crippen LogP contribution is 2.26. The predicted octanol–water partition coefficient (Wildman–Crippen LogP) is 2.52. The van der Waals surface area contributed by atoms with E-state index in [1.165, 1.54) is 0 Å². The Labute approximate surface area is 135 Å². The minimum Gasteiger partial charge on any atom is -0.395 e. The third-order valence-corrected chi connectivity index (χ3v) is 4.80. The molecule has 1 heterocycles. The molecule has 1 atom stereocenters. The molecule has 0 aliphatic carbocycles. The van der Waals surface area contributed by atoms with Gasteiger partial charge in [-0.3, -0.25) is 9.69 Å². The highest BCUT2D eigenvalue weighted by atomic mass is 35.5. The molecule has 1 aromatic carbocycles. The van der Waals surface area contributed by atoms with Crippen LogP contribution in [0.2, 0.25) is 10.0 Å². The monoisotopic (exact) mass is 330 g/mol. The van der Waals surface area contributed by atoms with Crippen molar-refractivity contribution in [2.24, 2.45) is 0 Å². The average Bonchev–Trinajstić information content (AvgIpc) is 2.51. The fourth-order valence-electron chi connectivity index (χ4n) is 2.63. The molecule has 4 nitrogen and oxygen atoms in total. The summed E-state index contributed by atoms with van der Waals surface area (Å²) in [6.45, 7) is 5.02. The molecule has 0 aromatic heterocycles. The van der Waals surface area contributed by atoms with Crippen LogP contribution in [-0.4, -0.2) is 59.6 Å². The number of halogens is 2. The molecule has 1 aromatic rings. The lowest BCUT2D eigenvalue weighted by Crippen LogP contribution is -2.52. The number of carbonyl (C=O) groups is 1. The molecule has 2 rings (SSSR count). The minimum absolute atomic E-state index is 0.0841. The Morgan fingerprint density at radius 2 is 1.95 bits per heavy atom. The van der Waals surface area contributed by atoms with Crippen LogP contribution in [0.5, 0.6) is 0 Å². The van der Waals surface area contributed by atoms with Gasteiger partial charge in [0, 0.05) is 32.2 Å². The summed E-state index contributed by atoms with van der Waals surface area (Å²) in [5, 5.41) is 10.1. The lowest BCUT2D eigenvalue weighted by Gasteiger charge is -2.38. The molecular weight excluding hydrogens is 311 g/mol. The third kappa shape index (κ3) is 3.69. The van der Waals surface area contributed by atoms with Gasteiger partial charge in [0.15, 0.2) is 0 Å². The number of carbonyl (C=O) groups excluding carboxylic acids is 1. The maximum absolute atomic E-state index is 12.5. The first-order valence-corrected chi connectivity index (χ1v) is 7.92. The van der Waals surface area contributed by atoms with Crippen LogP contribution in [0.25, 0.3) is 0 Å². The number of hydrogen-bond donors (Lipinski definition) is 1. The van der Waals surface area contributed by atoms with Crippen molar-refractivity contribution >= 4 is 29.1 Å². The first-order chi connectivity index (χ1) is 10.1. The minimum atomic E-state index is -0.0841. The molecular formula is C15H20Cl2N2O2. The smallest absolute Gasteiger partial charge is 0.255 e. The highest BCUT2D eigenvalue weighted by Gasteiger charge is 2.26. The van der Waals surface area contributed by atoms with Crippen LogP contribution in [-0.2, 0) is 0 Å². The Balaban J connectivity index is 2.02. The number of amides is 1. The van der Waals surface area contributed by atoms with Gasteiger partial charge in [-0.25, -0.2) is 0 Å². The summed E-state index contributed by atoms with van der Waals surface area (Å²) in [4.78, 5) is 16.5. The number of nitrogens with zero attached hydrogens (tertiary/aromatic N) is 2. The van der Waals surface area contributed by atoms with Crippen molar-refractivity contribution in [2.45, 2.75) is 19.4 Å². The quantitative estimate of drug-likeness (QED) is 0.922. The molecule has 116 valence electrons. The van der Waals surface area contributed by atoms with Crippen LogP contribution in [0, 0.1) is 0 Å². The van der Waals surface area contributed by atoms with Crippen molar-refractivity contribution in [3.63, 3.8) is 0 Å². The normalized spacial score (nSPS) is 17.8. The van der Waals surface area contributed by atoms with Gasteiger partial charge in [-0.1, -0.05) is 36.2 Å². The molecule has 1 aliphatic heterocycles. The summed E-state index contributed by atoms with van der Waals surface area (Å²) in [6.07, 6.45) is 0.907. The van der Waals surface area contributed by atoms with Crippen LogP contribution in [0.3, 0.4) is 0 Å². The molecule has 0 bridgehead atoms. The zero-order valence-electron chi connectivity index (χ0n) is 12.1. The molecule has 1 unspecified atom stereocenters. The van der Waals surface area contributed by atoms with Crippen LogP contribution in [0.15, 0.2) is 18.2 Å². The van der Waals surface area contributed by atoms with E-state index < -0.39 is 0 Å². The number of piperazine rings is 1. The second-order valence-corrected chi connectivity index (χ2v) is 5.96. The molecule has 1 amide bonds. The van der Waals surface area contributed by atoms with Crippen molar-refractivity contribution in [1.82, 2.24) is 9.80 Å². The first kappa shape index (κ1) is 16.6. The Hall–Kier alpha value is -0.810. The lowest BCUT2D eigenvalue weighted by atomic mass is 10.1. The van der Waals surface area contributed by atoms with Crippen LogP contribution in [0.4, 0.5) is 0 Å². The highest BCUT2D eigenvalue weighted by molar-refractivity contribution is 6.43. The third-order valence-electron chi connectivity index (χ3n) is 3.98. The number of benzene rings is 1. The standard InChI is InChI=1S/C15H20Cl2N2O2/c1-2-11(10-20)18-6-8-19(9-7-18)15(21)12-4-3-5-13(16)14(12)17/h3-5,11,20H,2,6-10H2,1H3. The van der Waals surface area contributed by atoms with E-state index >= 15 is 0 Å². The summed E-state index contributed by atoms with van der Waals surface area (Å²) >= 11 is 12.1. The molecule has 0 spiro atoms. The molecule has 1 aliphatic rings. The second kappa shape index (κ2) is 7.45. The van der Waals surface area contributed by atoms with Crippen LogP contribution < -0.4 is 0 Å². The Morgan fingerprint density at radius 1 is 1.29 bits per heavy atom. The van der Waals surface area contributed by atoms with Crippen molar-refractivity contribution < 1.29 is 9.90 Å². The van der Waals surface area contributed by atoms with Gasteiger partial charge in [-0.05, 0) is 18.6 Å². The maximum atomic E-state index is 12.5. The number of aliphatic hydroxyl groups excluding tert-OH is 1. The van der Waals surface area contributed by atoms with E-state index in [9.17, 15) is 9.90 Å².